The fourth-order valence-corrected chi connectivity index (χ4v) is 0.947. The van der Waals surface area contributed by atoms with Gasteiger partial charge in [0.15, 0.2) is 0 Å². The van der Waals surface area contributed by atoms with Crippen molar-refractivity contribution in [3.8, 4) is 0 Å². The van der Waals surface area contributed by atoms with Crippen LogP contribution in [0, 0.1) is 0 Å². The number of ether oxygens (including phenoxy) is 1. The van der Waals surface area contributed by atoms with Crippen molar-refractivity contribution in [3.63, 3.8) is 0 Å². The van der Waals surface area contributed by atoms with Gasteiger partial charge in [-0.1, -0.05) is 36.9 Å². The third kappa shape index (κ3) is 2.11. The molecule has 1 nitrogen and oxygen atoms in total. The summed E-state index contributed by atoms with van der Waals surface area (Å²) in [5.41, 5.74) is 1.17. The molecular formula is C10H12O. The van der Waals surface area contributed by atoms with Crippen molar-refractivity contribution in [2.24, 2.45) is 0 Å². The largest absolute Gasteiger partial charge is 0.494 e. The van der Waals surface area contributed by atoms with E-state index in [4.69, 9.17) is 4.74 Å². The second-order valence-electron chi connectivity index (χ2n) is 2.36. The number of rotatable bonds is 3. The summed E-state index contributed by atoms with van der Waals surface area (Å²) >= 11 is 0. The van der Waals surface area contributed by atoms with Crippen molar-refractivity contribution in [1.82, 2.24) is 0 Å². The summed E-state index contributed by atoms with van der Waals surface area (Å²) in [6.07, 6.45) is 1.58. The van der Waals surface area contributed by atoms with Crippen LogP contribution in [0.5, 0.6) is 0 Å². The topological polar surface area (TPSA) is 9.23 Å². The Morgan fingerprint density at radius 2 is 2.00 bits per heavy atom. The summed E-state index contributed by atoms with van der Waals surface area (Å²) in [5.74, 6) is 0. The molecule has 1 heteroatoms. The molecule has 0 amide bonds. The first-order chi connectivity index (χ1) is 5.34. The molecule has 0 saturated heterocycles. The van der Waals surface area contributed by atoms with E-state index in [1.165, 1.54) is 11.8 Å². The molecule has 1 unspecified atom stereocenters. The Bertz CT molecular complexity index is 216. The van der Waals surface area contributed by atoms with Crippen molar-refractivity contribution in [3.05, 3.63) is 48.7 Å². The molecule has 0 bridgehead atoms. The minimum absolute atomic E-state index is 0.105. The lowest BCUT2D eigenvalue weighted by Gasteiger charge is -2.10. The highest BCUT2D eigenvalue weighted by Crippen LogP contribution is 2.15. The Balaban J connectivity index is 2.68. The predicted octanol–water partition coefficient (Wildman–Crippen LogP) is 2.91. The molecule has 1 atom stereocenters. The van der Waals surface area contributed by atoms with Crippen LogP contribution in [0.1, 0.15) is 18.6 Å². The smallest absolute Gasteiger partial charge is 0.120 e. The molecule has 1 rings (SSSR count). The zero-order valence-electron chi connectivity index (χ0n) is 6.66. The van der Waals surface area contributed by atoms with Gasteiger partial charge in [0, 0.05) is 0 Å². The van der Waals surface area contributed by atoms with Crippen LogP contribution in [0.4, 0.5) is 0 Å². The van der Waals surface area contributed by atoms with Gasteiger partial charge < -0.3 is 4.74 Å². The van der Waals surface area contributed by atoms with E-state index in [1.807, 2.05) is 37.3 Å². The van der Waals surface area contributed by atoms with Gasteiger partial charge in [-0.2, -0.15) is 0 Å². The molecule has 11 heavy (non-hydrogen) atoms. The summed E-state index contributed by atoms with van der Waals surface area (Å²) < 4.78 is 5.19. The number of hydrogen-bond donors (Lipinski definition) is 0. The Morgan fingerprint density at radius 3 is 2.55 bits per heavy atom. The maximum absolute atomic E-state index is 5.19. The summed E-state index contributed by atoms with van der Waals surface area (Å²) in [4.78, 5) is 0. The minimum atomic E-state index is 0.105. The lowest BCUT2D eigenvalue weighted by atomic mass is 10.1. The van der Waals surface area contributed by atoms with Crippen LogP contribution in [-0.2, 0) is 4.74 Å². The molecule has 0 spiro atoms. The molecular weight excluding hydrogens is 136 g/mol. The Kier molecular flexibility index (Phi) is 2.73. The van der Waals surface area contributed by atoms with E-state index < -0.39 is 0 Å². The van der Waals surface area contributed by atoms with Gasteiger partial charge in [-0.15, -0.1) is 0 Å². The summed E-state index contributed by atoms with van der Waals surface area (Å²) in [6, 6.07) is 10.1. The molecule has 0 aromatic heterocycles. The van der Waals surface area contributed by atoms with Crippen LogP contribution in [0.15, 0.2) is 43.2 Å². The van der Waals surface area contributed by atoms with E-state index in [9.17, 15) is 0 Å². The standard InChI is InChI=1S/C10H12O/c1-3-11-9(2)10-7-5-4-6-8-10/h3-9H,1H2,2H3. The van der Waals surface area contributed by atoms with Gasteiger partial charge in [0.1, 0.15) is 6.10 Å². The van der Waals surface area contributed by atoms with Gasteiger partial charge in [0.2, 0.25) is 0 Å². The Labute approximate surface area is 67.3 Å². The monoisotopic (exact) mass is 148 g/mol. The van der Waals surface area contributed by atoms with Crippen LogP contribution >= 0.6 is 0 Å². The first-order valence-corrected chi connectivity index (χ1v) is 3.66. The van der Waals surface area contributed by atoms with Gasteiger partial charge in [-0.3, -0.25) is 0 Å². The third-order valence-electron chi connectivity index (χ3n) is 1.57. The molecule has 0 radical (unpaired) electrons. The SMILES string of the molecule is C=COC(C)c1ccccc1. The quantitative estimate of drug-likeness (QED) is 0.599. The molecule has 0 heterocycles. The zero-order chi connectivity index (χ0) is 8.10. The maximum Gasteiger partial charge on any atom is 0.120 e. The maximum atomic E-state index is 5.19. The number of benzene rings is 1. The molecule has 58 valence electrons. The second-order valence-corrected chi connectivity index (χ2v) is 2.36. The fourth-order valence-electron chi connectivity index (χ4n) is 0.947. The Morgan fingerprint density at radius 1 is 1.36 bits per heavy atom. The molecule has 0 fully saturated rings. The second kappa shape index (κ2) is 3.81. The van der Waals surface area contributed by atoms with E-state index in [2.05, 4.69) is 6.58 Å². The van der Waals surface area contributed by atoms with Crippen molar-refractivity contribution >= 4 is 0 Å². The normalized spacial score (nSPS) is 12.1. The van der Waals surface area contributed by atoms with Gasteiger partial charge in [0.25, 0.3) is 0 Å². The molecule has 1 aromatic rings. The van der Waals surface area contributed by atoms with Crippen LogP contribution in [0.25, 0.3) is 0 Å². The highest BCUT2D eigenvalue weighted by molar-refractivity contribution is 5.16. The highest BCUT2D eigenvalue weighted by Gasteiger charge is 2.00. The van der Waals surface area contributed by atoms with Gasteiger partial charge in [-0.25, -0.2) is 0 Å². The van der Waals surface area contributed by atoms with Crippen LogP contribution in [0.3, 0.4) is 0 Å². The minimum Gasteiger partial charge on any atom is -0.494 e. The molecule has 0 N–H and O–H groups in total. The van der Waals surface area contributed by atoms with E-state index in [0.717, 1.165) is 0 Å². The van der Waals surface area contributed by atoms with Crippen LogP contribution in [-0.4, -0.2) is 0 Å². The zero-order valence-corrected chi connectivity index (χ0v) is 6.66. The summed E-state index contributed by atoms with van der Waals surface area (Å²) in [7, 11) is 0. The van der Waals surface area contributed by atoms with Crippen molar-refractivity contribution in [1.29, 1.82) is 0 Å². The number of hydrogen-bond acceptors (Lipinski definition) is 1. The van der Waals surface area contributed by atoms with Crippen molar-refractivity contribution in [2.45, 2.75) is 13.0 Å². The van der Waals surface area contributed by atoms with E-state index in [-0.39, 0.29) is 6.10 Å². The first-order valence-electron chi connectivity index (χ1n) is 3.66. The van der Waals surface area contributed by atoms with Crippen LogP contribution in [0.2, 0.25) is 0 Å². The highest BCUT2D eigenvalue weighted by atomic mass is 16.5. The molecule has 0 aliphatic heterocycles. The predicted molar refractivity (Wildman–Crippen MR) is 46.1 cm³/mol. The summed E-state index contributed by atoms with van der Waals surface area (Å²) in [5, 5.41) is 0. The fraction of sp³-hybridized carbons (Fsp3) is 0.200. The lowest BCUT2D eigenvalue weighted by Crippen LogP contribution is -1.93. The molecule has 1 aromatic carbocycles. The van der Waals surface area contributed by atoms with E-state index >= 15 is 0 Å². The summed E-state index contributed by atoms with van der Waals surface area (Å²) in [6.45, 7) is 5.50. The molecule has 0 saturated carbocycles. The average molecular weight is 148 g/mol. The lowest BCUT2D eigenvalue weighted by molar-refractivity contribution is 0.165. The van der Waals surface area contributed by atoms with E-state index in [1.54, 1.807) is 0 Å². The van der Waals surface area contributed by atoms with Crippen molar-refractivity contribution in [2.75, 3.05) is 0 Å². The molecule has 0 aliphatic carbocycles. The average Bonchev–Trinajstić information content (AvgIpc) is 2.07. The first kappa shape index (κ1) is 7.86. The van der Waals surface area contributed by atoms with Gasteiger partial charge >= 0.3 is 0 Å². The van der Waals surface area contributed by atoms with Crippen LogP contribution < -0.4 is 0 Å². The van der Waals surface area contributed by atoms with Crippen molar-refractivity contribution < 1.29 is 4.74 Å². The Hall–Kier alpha value is -1.24. The van der Waals surface area contributed by atoms with Gasteiger partial charge in [0.05, 0.1) is 6.26 Å². The van der Waals surface area contributed by atoms with E-state index in [0.29, 0.717) is 0 Å². The third-order valence-corrected chi connectivity index (χ3v) is 1.57. The molecule has 0 aliphatic rings. The van der Waals surface area contributed by atoms with Gasteiger partial charge in [-0.05, 0) is 12.5 Å².